The molecule has 0 aliphatic carbocycles. The van der Waals surface area contributed by atoms with Crippen LogP contribution in [0.5, 0.6) is 0 Å². The summed E-state index contributed by atoms with van der Waals surface area (Å²) in [5, 5.41) is 3.30. The van der Waals surface area contributed by atoms with E-state index in [0.717, 1.165) is 49.3 Å². The Balaban J connectivity index is 1.52. The van der Waals surface area contributed by atoms with Crippen LogP contribution >= 0.6 is 0 Å². The normalized spacial score (nSPS) is 11.3. The first-order valence-corrected chi connectivity index (χ1v) is 12.2. The highest BCUT2D eigenvalue weighted by molar-refractivity contribution is 5.70. The van der Waals surface area contributed by atoms with Crippen molar-refractivity contribution in [3.63, 3.8) is 0 Å². The van der Waals surface area contributed by atoms with Gasteiger partial charge in [0.15, 0.2) is 11.2 Å². The van der Waals surface area contributed by atoms with E-state index in [1.807, 2.05) is 47.9 Å². The highest BCUT2D eigenvalue weighted by Crippen LogP contribution is 2.14. The zero-order valence-electron chi connectivity index (χ0n) is 20.2. The molecule has 0 radical (unpaired) electrons. The van der Waals surface area contributed by atoms with Gasteiger partial charge in [-0.1, -0.05) is 31.5 Å². The summed E-state index contributed by atoms with van der Waals surface area (Å²) in [6, 6.07) is 11.7. The molecule has 3 aromatic heterocycles. The molecule has 0 atom stereocenters. The van der Waals surface area contributed by atoms with Gasteiger partial charge in [0, 0.05) is 44.1 Å². The molecule has 0 saturated carbocycles. The second-order valence-corrected chi connectivity index (χ2v) is 8.71. The number of nitrogen functional groups attached to an aromatic ring is 1. The van der Waals surface area contributed by atoms with E-state index in [1.54, 1.807) is 12.4 Å². The smallest absolute Gasteiger partial charge is 0.330 e. The van der Waals surface area contributed by atoms with Gasteiger partial charge in [-0.05, 0) is 55.1 Å². The van der Waals surface area contributed by atoms with Crippen molar-refractivity contribution in [2.75, 3.05) is 18.8 Å². The maximum absolute atomic E-state index is 13.4. The van der Waals surface area contributed by atoms with Crippen molar-refractivity contribution in [3.05, 3.63) is 86.6 Å². The van der Waals surface area contributed by atoms with Gasteiger partial charge in [0.1, 0.15) is 5.82 Å². The Kier molecular flexibility index (Phi) is 8.10. The number of imidazole rings is 1. The SMILES string of the molecule is CCNCCn1c(Cc2cccnc2)nc2[nH]c(=O)n(CCCCCc3ccc(N)cc3)c(=O)c21. The Hall–Kier alpha value is -3.72. The number of aromatic nitrogens is 5. The number of nitrogens with zero attached hydrogens (tertiary/aromatic N) is 4. The predicted octanol–water partition coefficient (Wildman–Crippen LogP) is 2.48. The number of rotatable bonds is 12. The fourth-order valence-corrected chi connectivity index (χ4v) is 4.28. The summed E-state index contributed by atoms with van der Waals surface area (Å²) in [5.41, 5.74) is 8.83. The van der Waals surface area contributed by atoms with E-state index in [4.69, 9.17) is 5.73 Å². The van der Waals surface area contributed by atoms with Crippen molar-refractivity contribution in [2.45, 2.75) is 52.1 Å². The molecule has 9 nitrogen and oxygen atoms in total. The average molecular weight is 476 g/mol. The Morgan fingerprint density at radius 3 is 2.57 bits per heavy atom. The fourth-order valence-electron chi connectivity index (χ4n) is 4.28. The summed E-state index contributed by atoms with van der Waals surface area (Å²) < 4.78 is 3.24. The van der Waals surface area contributed by atoms with Crippen molar-refractivity contribution in [1.82, 2.24) is 29.4 Å². The number of fused-ring (bicyclic) bond motifs is 1. The van der Waals surface area contributed by atoms with Gasteiger partial charge < -0.3 is 15.6 Å². The largest absolute Gasteiger partial charge is 0.399 e. The molecule has 0 fully saturated rings. The first kappa shape index (κ1) is 24.4. The van der Waals surface area contributed by atoms with Crippen LogP contribution in [0.25, 0.3) is 11.2 Å². The molecule has 9 heteroatoms. The van der Waals surface area contributed by atoms with Crippen molar-refractivity contribution >= 4 is 16.9 Å². The summed E-state index contributed by atoms with van der Waals surface area (Å²) in [6.45, 7) is 4.54. The minimum atomic E-state index is -0.412. The maximum Gasteiger partial charge on any atom is 0.330 e. The fraction of sp³-hybridized carbons (Fsp3) is 0.385. The lowest BCUT2D eigenvalue weighted by Gasteiger charge is -2.10. The minimum absolute atomic E-state index is 0.288. The van der Waals surface area contributed by atoms with Gasteiger partial charge in [0.2, 0.25) is 0 Å². The topological polar surface area (TPSA) is 124 Å². The first-order chi connectivity index (χ1) is 17.1. The molecule has 3 heterocycles. The van der Waals surface area contributed by atoms with Crippen LogP contribution in [0.4, 0.5) is 5.69 Å². The van der Waals surface area contributed by atoms with Gasteiger partial charge in [-0.15, -0.1) is 0 Å². The third-order valence-corrected chi connectivity index (χ3v) is 6.14. The Morgan fingerprint density at radius 1 is 1.00 bits per heavy atom. The average Bonchev–Trinajstić information content (AvgIpc) is 3.19. The van der Waals surface area contributed by atoms with Crippen LogP contribution in [0, 0.1) is 0 Å². The number of pyridine rings is 1. The molecule has 0 aliphatic rings. The standard InChI is InChI=1S/C26H33N7O2/c1-2-28-14-16-32-22(17-20-8-6-13-29-18-20)30-24-23(32)25(34)33(26(35)31-24)15-5-3-4-7-19-9-11-21(27)12-10-19/h6,8-13,18,28H,2-5,7,14-17,27H2,1H3,(H,31,35). The third-order valence-electron chi connectivity index (χ3n) is 6.14. The summed E-state index contributed by atoms with van der Waals surface area (Å²) in [6.07, 6.45) is 7.64. The number of nitrogens with two attached hydrogens (primary N) is 1. The second kappa shape index (κ2) is 11.6. The molecule has 0 bridgehead atoms. The van der Waals surface area contributed by atoms with Gasteiger partial charge in [-0.25, -0.2) is 9.78 Å². The predicted molar refractivity (Wildman–Crippen MR) is 139 cm³/mol. The van der Waals surface area contributed by atoms with E-state index in [1.165, 1.54) is 10.1 Å². The zero-order chi connectivity index (χ0) is 24.6. The summed E-state index contributed by atoms with van der Waals surface area (Å²) in [7, 11) is 0. The van der Waals surface area contributed by atoms with Gasteiger partial charge in [0.05, 0.1) is 0 Å². The van der Waals surface area contributed by atoms with E-state index < -0.39 is 5.69 Å². The minimum Gasteiger partial charge on any atom is -0.399 e. The monoisotopic (exact) mass is 475 g/mol. The lowest BCUT2D eigenvalue weighted by Crippen LogP contribution is -2.36. The quantitative estimate of drug-likeness (QED) is 0.214. The molecule has 0 unspecified atom stereocenters. The number of aryl methyl sites for hydroxylation is 1. The summed E-state index contributed by atoms with van der Waals surface area (Å²) in [4.78, 5) is 37.8. The Bertz CT molecular complexity index is 1350. The number of aromatic amines is 1. The maximum atomic E-state index is 13.4. The number of anilines is 1. The lowest BCUT2D eigenvalue weighted by molar-refractivity contribution is 0.553. The van der Waals surface area contributed by atoms with Crippen LogP contribution in [0.2, 0.25) is 0 Å². The lowest BCUT2D eigenvalue weighted by atomic mass is 10.1. The molecule has 184 valence electrons. The zero-order valence-corrected chi connectivity index (χ0v) is 20.2. The van der Waals surface area contributed by atoms with Gasteiger partial charge in [-0.3, -0.25) is 19.3 Å². The molecule has 0 amide bonds. The summed E-state index contributed by atoms with van der Waals surface area (Å²) >= 11 is 0. The number of hydrogen-bond donors (Lipinski definition) is 3. The van der Waals surface area contributed by atoms with E-state index in [0.29, 0.717) is 37.2 Å². The summed E-state index contributed by atoms with van der Waals surface area (Å²) in [5.74, 6) is 0.736. The van der Waals surface area contributed by atoms with Crippen molar-refractivity contribution in [1.29, 1.82) is 0 Å². The highest BCUT2D eigenvalue weighted by atomic mass is 16.2. The van der Waals surface area contributed by atoms with E-state index >= 15 is 0 Å². The molecule has 0 saturated heterocycles. The Morgan fingerprint density at radius 2 is 1.83 bits per heavy atom. The molecule has 4 N–H and O–H groups in total. The van der Waals surface area contributed by atoms with Gasteiger partial charge >= 0.3 is 5.69 Å². The second-order valence-electron chi connectivity index (χ2n) is 8.71. The number of nitrogens with one attached hydrogen (secondary N) is 2. The van der Waals surface area contributed by atoms with E-state index in [9.17, 15) is 9.59 Å². The number of unbranched alkanes of at least 4 members (excludes halogenated alkanes) is 2. The third kappa shape index (κ3) is 6.05. The van der Waals surface area contributed by atoms with Crippen LogP contribution in [0.1, 0.15) is 43.1 Å². The van der Waals surface area contributed by atoms with Gasteiger partial charge in [-0.2, -0.15) is 0 Å². The molecule has 4 rings (SSSR count). The van der Waals surface area contributed by atoms with Gasteiger partial charge in [0.25, 0.3) is 5.56 Å². The molecule has 1 aromatic carbocycles. The van der Waals surface area contributed by atoms with Crippen LogP contribution in [0.3, 0.4) is 0 Å². The molecule has 0 spiro atoms. The van der Waals surface area contributed by atoms with Crippen LogP contribution in [0.15, 0.2) is 58.4 Å². The van der Waals surface area contributed by atoms with E-state index in [-0.39, 0.29) is 5.56 Å². The van der Waals surface area contributed by atoms with Crippen LogP contribution < -0.4 is 22.3 Å². The van der Waals surface area contributed by atoms with E-state index in [2.05, 4.69) is 20.3 Å². The molecular formula is C26H33N7O2. The Labute approximate surface area is 204 Å². The molecule has 4 aromatic rings. The van der Waals surface area contributed by atoms with Crippen LogP contribution in [-0.4, -0.2) is 37.2 Å². The molecule has 0 aliphatic heterocycles. The number of H-pyrrole nitrogens is 1. The highest BCUT2D eigenvalue weighted by Gasteiger charge is 2.18. The first-order valence-electron chi connectivity index (χ1n) is 12.2. The van der Waals surface area contributed by atoms with Crippen molar-refractivity contribution in [3.8, 4) is 0 Å². The number of likely N-dealkylation sites (N-methyl/N-ethyl adjacent to an activating group) is 1. The van der Waals surface area contributed by atoms with Crippen molar-refractivity contribution in [2.24, 2.45) is 0 Å². The molecule has 35 heavy (non-hydrogen) atoms. The van der Waals surface area contributed by atoms with Crippen LogP contribution in [-0.2, 0) is 25.9 Å². The number of benzene rings is 1. The van der Waals surface area contributed by atoms with Crippen molar-refractivity contribution < 1.29 is 0 Å². The number of hydrogen-bond acceptors (Lipinski definition) is 6. The molecular weight excluding hydrogens is 442 g/mol.